The predicted molar refractivity (Wildman–Crippen MR) is 155 cm³/mol. The first-order valence-electron chi connectivity index (χ1n) is 12.4. The lowest BCUT2D eigenvalue weighted by atomic mass is 9.92. The van der Waals surface area contributed by atoms with E-state index in [1.165, 1.54) is 0 Å². The van der Waals surface area contributed by atoms with Crippen LogP contribution in [0, 0.1) is 0 Å². The number of fused-ring (bicyclic) bond motifs is 1. The third-order valence-electron chi connectivity index (χ3n) is 6.81. The summed E-state index contributed by atoms with van der Waals surface area (Å²) in [6, 6.07) is 47.3. The molecule has 0 N–H and O–H groups in total. The standard InChI is InChI=1S/C34H26N2O/c1-35-31-20-12-11-19-30(31)32(25-13-5-2-6-14-25)33(34(35)37)26-21-23-29(24-22-26)36(27-15-7-3-8-16-27)28-17-9-4-10-18-28/h2-24H,1H3. The van der Waals surface area contributed by atoms with Gasteiger partial charge >= 0.3 is 0 Å². The lowest BCUT2D eigenvalue weighted by molar-refractivity contribution is 0.909. The van der Waals surface area contributed by atoms with Gasteiger partial charge in [0.25, 0.3) is 5.56 Å². The molecule has 0 amide bonds. The molecule has 0 bridgehead atoms. The van der Waals surface area contributed by atoms with Crippen LogP contribution in [0.3, 0.4) is 0 Å². The number of pyridine rings is 1. The first kappa shape index (κ1) is 22.6. The van der Waals surface area contributed by atoms with Crippen molar-refractivity contribution in [3.05, 3.63) is 150 Å². The second-order valence-electron chi connectivity index (χ2n) is 9.05. The molecule has 3 nitrogen and oxygen atoms in total. The maximum Gasteiger partial charge on any atom is 0.259 e. The van der Waals surface area contributed by atoms with Crippen LogP contribution >= 0.6 is 0 Å². The van der Waals surface area contributed by atoms with E-state index >= 15 is 0 Å². The summed E-state index contributed by atoms with van der Waals surface area (Å²) >= 11 is 0. The molecule has 1 heterocycles. The fourth-order valence-corrected chi connectivity index (χ4v) is 5.05. The molecule has 0 spiro atoms. The quantitative estimate of drug-likeness (QED) is 0.249. The van der Waals surface area contributed by atoms with Gasteiger partial charge in [0.2, 0.25) is 0 Å². The number of benzene rings is 5. The first-order chi connectivity index (χ1) is 18.2. The van der Waals surface area contributed by atoms with Crippen molar-refractivity contribution in [2.75, 3.05) is 4.90 Å². The Morgan fingerprint density at radius 2 is 0.946 bits per heavy atom. The summed E-state index contributed by atoms with van der Waals surface area (Å²) in [6.45, 7) is 0. The van der Waals surface area contributed by atoms with Gasteiger partial charge in [-0.2, -0.15) is 0 Å². The first-order valence-corrected chi connectivity index (χ1v) is 12.4. The van der Waals surface area contributed by atoms with Gasteiger partial charge in [-0.15, -0.1) is 0 Å². The maximum absolute atomic E-state index is 13.8. The molecule has 37 heavy (non-hydrogen) atoms. The second kappa shape index (κ2) is 9.63. The topological polar surface area (TPSA) is 25.2 Å². The Bertz CT molecular complexity index is 1680. The van der Waals surface area contributed by atoms with Crippen molar-refractivity contribution in [1.82, 2.24) is 4.57 Å². The number of nitrogens with zero attached hydrogens (tertiary/aromatic N) is 2. The number of hydrogen-bond donors (Lipinski definition) is 0. The van der Waals surface area contributed by atoms with E-state index in [2.05, 4.69) is 71.6 Å². The van der Waals surface area contributed by atoms with Gasteiger partial charge in [-0.1, -0.05) is 97.1 Å². The Kier molecular flexibility index (Phi) is 5.88. The number of hydrogen-bond acceptors (Lipinski definition) is 2. The third kappa shape index (κ3) is 4.11. The smallest absolute Gasteiger partial charge is 0.259 e. The highest BCUT2D eigenvalue weighted by atomic mass is 16.1. The normalized spacial score (nSPS) is 10.9. The molecule has 1 aromatic heterocycles. The molecule has 6 rings (SSSR count). The molecule has 0 aliphatic carbocycles. The van der Waals surface area contributed by atoms with Crippen LogP contribution in [0.5, 0.6) is 0 Å². The molecule has 5 aromatic carbocycles. The van der Waals surface area contributed by atoms with Gasteiger partial charge in [0.05, 0.1) is 11.1 Å². The summed E-state index contributed by atoms with van der Waals surface area (Å²) in [5, 5.41) is 1.06. The molecule has 6 aromatic rings. The average molecular weight is 479 g/mol. The number of anilines is 3. The highest BCUT2D eigenvalue weighted by Gasteiger charge is 2.19. The minimum Gasteiger partial charge on any atom is -0.311 e. The molecule has 0 saturated carbocycles. The van der Waals surface area contributed by atoms with Crippen molar-refractivity contribution >= 4 is 28.0 Å². The van der Waals surface area contributed by atoms with E-state index in [-0.39, 0.29) is 5.56 Å². The third-order valence-corrected chi connectivity index (χ3v) is 6.81. The van der Waals surface area contributed by atoms with Crippen LogP contribution in [0.4, 0.5) is 17.1 Å². The lowest BCUT2D eigenvalue weighted by Crippen LogP contribution is -2.20. The summed E-state index contributed by atoms with van der Waals surface area (Å²) in [5.41, 5.74) is 7.71. The van der Waals surface area contributed by atoms with Crippen molar-refractivity contribution in [2.24, 2.45) is 7.05 Å². The van der Waals surface area contributed by atoms with Gasteiger partial charge in [0, 0.05) is 35.1 Å². The van der Waals surface area contributed by atoms with Crippen molar-refractivity contribution < 1.29 is 0 Å². The number of rotatable bonds is 5. The van der Waals surface area contributed by atoms with E-state index in [9.17, 15) is 4.79 Å². The van der Waals surface area contributed by atoms with Crippen LogP contribution in [0.25, 0.3) is 33.2 Å². The molecule has 0 fully saturated rings. The lowest BCUT2D eigenvalue weighted by Gasteiger charge is -2.25. The van der Waals surface area contributed by atoms with Crippen molar-refractivity contribution in [1.29, 1.82) is 0 Å². The maximum atomic E-state index is 13.8. The molecular weight excluding hydrogens is 452 g/mol. The van der Waals surface area contributed by atoms with Crippen LogP contribution in [-0.4, -0.2) is 4.57 Å². The summed E-state index contributed by atoms with van der Waals surface area (Å²) in [7, 11) is 1.85. The highest BCUT2D eigenvalue weighted by molar-refractivity contribution is 6.02. The Morgan fingerprint density at radius 1 is 0.486 bits per heavy atom. The van der Waals surface area contributed by atoms with E-state index in [0.29, 0.717) is 5.56 Å². The van der Waals surface area contributed by atoms with Crippen LogP contribution < -0.4 is 10.5 Å². The zero-order valence-corrected chi connectivity index (χ0v) is 20.6. The summed E-state index contributed by atoms with van der Waals surface area (Å²) in [4.78, 5) is 16.0. The van der Waals surface area contributed by atoms with Crippen LogP contribution in [0.1, 0.15) is 0 Å². The van der Waals surface area contributed by atoms with Gasteiger partial charge in [-0.25, -0.2) is 0 Å². The molecule has 178 valence electrons. The van der Waals surface area contributed by atoms with Crippen LogP contribution in [0.15, 0.2) is 144 Å². The predicted octanol–water partition coefficient (Wildman–Crippen LogP) is 8.34. The van der Waals surface area contributed by atoms with Gasteiger partial charge in [0.15, 0.2) is 0 Å². The summed E-state index contributed by atoms with van der Waals surface area (Å²) in [6.07, 6.45) is 0. The Balaban J connectivity index is 1.55. The van der Waals surface area contributed by atoms with Crippen LogP contribution in [0.2, 0.25) is 0 Å². The zero-order valence-electron chi connectivity index (χ0n) is 20.6. The molecule has 0 atom stereocenters. The van der Waals surface area contributed by atoms with E-state index in [0.717, 1.165) is 44.7 Å². The number of para-hydroxylation sites is 3. The molecule has 0 radical (unpaired) electrons. The Labute approximate surface area is 216 Å². The van der Waals surface area contributed by atoms with E-state index in [1.54, 1.807) is 4.57 Å². The monoisotopic (exact) mass is 478 g/mol. The summed E-state index contributed by atoms with van der Waals surface area (Å²) in [5.74, 6) is 0. The molecule has 0 saturated heterocycles. The fourth-order valence-electron chi connectivity index (χ4n) is 5.05. The largest absolute Gasteiger partial charge is 0.311 e. The Hall–Kier alpha value is -4.89. The second-order valence-corrected chi connectivity index (χ2v) is 9.05. The molecule has 0 unspecified atom stereocenters. The van der Waals surface area contributed by atoms with Gasteiger partial charge < -0.3 is 9.47 Å². The van der Waals surface area contributed by atoms with Crippen molar-refractivity contribution in [2.45, 2.75) is 0 Å². The van der Waals surface area contributed by atoms with Crippen LogP contribution in [-0.2, 0) is 7.05 Å². The molecule has 0 aliphatic heterocycles. The molecule has 3 heteroatoms. The Morgan fingerprint density at radius 3 is 1.54 bits per heavy atom. The van der Waals surface area contributed by atoms with E-state index in [1.807, 2.05) is 79.8 Å². The van der Waals surface area contributed by atoms with Crippen molar-refractivity contribution in [3.63, 3.8) is 0 Å². The number of aryl methyl sites for hydroxylation is 1. The molecule has 0 aliphatic rings. The van der Waals surface area contributed by atoms with E-state index < -0.39 is 0 Å². The van der Waals surface area contributed by atoms with E-state index in [4.69, 9.17) is 0 Å². The average Bonchev–Trinajstić information content (AvgIpc) is 2.97. The minimum atomic E-state index is -0.00622. The highest BCUT2D eigenvalue weighted by Crippen LogP contribution is 2.38. The zero-order chi connectivity index (χ0) is 25.2. The number of aromatic nitrogens is 1. The van der Waals surface area contributed by atoms with Gasteiger partial charge in [-0.3, -0.25) is 4.79 Å². The van der Waals surface area contributed by atoms with Crippen molar-refractivity contribution in [3.8, 4) is 22.3 Å². The SMILES string of the molecule is Cn1c(=O)c(-c2ccc(N(c3ccccc3)c3ccccc3)cc2)c(-c2ccccc2)c2ccccc21. The summed E-state index contributed by atoms with van der Waals surface area (Å²) < 4.78 is 1.76. The minimum absolute atomic E-state index is 0.00622. The van der Waals surface area contributed by atoms with Gasteiger partial charge in [-0.05, 0) is 53.6 Å². The van der Waals surface area contributed by atoms with Gasteiger partial charge in [0.1, 0.15) is 0 Å². The molecular formula is C34H26N2O. The fraction of sp³-hybridized carbons (Fsp3) is 0.0294.